The van der Waals surface area contributed by atoms with Crippen LogP contribution in [0.4, 0.5) is 0 Å². The minimum atomic E-state index is -0.231. The van der Waals surface area contributed by atoms with Gasteiger partial charge in [0.2, 0.25) is 0 Å². The zero-order valence-electron chi connectivity index (χ0n) is 12.7. The van der Waals surface area contributed by atoms with Gasteiger partial charge in [0.15, 0.2) is 5.69 Å². The van der Waals surface area contributed by atoms with Crippen molar-refractivity contribution in [3.05, 3.63) is 45.9 Å². The molecule has 1 saturated heterocycles. The normalized spacial score (nSPS) is 19.6. The van der Waals surface area contributed by atoms with E-state index in [2.05, 4.69) is 16.4 Å². The third kappa shape index (κ3) is 2.42. The third-order valence-electron chi connectivity index (χ3n) is 4.76. The van der Waals surface area contributed by atoms with Crippen molar-refractivity contribution >= 4 is 17.2 Å². The minimum Gasteiger partial charge on any atom is -0.505 e. The Morgan fingerprint density at radius 1 is 1.35 bits per heavy atom. The molecule has 0 aliphatic carbocycles. The van der Waals surface area contributed by atoms with E-state index in [9.17, 15) is 9.90 Å². The molecule has 2 aromatic heterocycles. The van der Waals surface area contributed by atoms with Gasteiger partial charge in [-0.25, -0.2) is 4.98 Å². The predicted octanol–water partition coefficient (Wildman–Crippen LogP) is 2.55. The van der Waals surface area contributed by atoms with Gasteiger partial charge in [0.1, 0.15) is 11.4 Å². The van der Waals surface area contributed by atoms with Gasteiger partial charge < -0.3 is 14.7 Å². The van der Waals surface area contributed by atoms with E-state index < -0.39 is 0 Å². The molecule has 4 heterocycles. The number of piperidine rings is 1. The topological polar surface area (TPSA) is 62.7 Å². The number of amides is 1. The van der Waals surface area contributed by atoms with Crippen molar-refractivity contribution in [2.24, 2.45) is 0 Å². The number of likely N-dealkylation sites (tertiary alicyclic amines) is 1. The Morgan fingerprint density at radius 3 is 2.96 bits per heavy atom. The Balaban J connectivity index is 1.52. The van der Waals surface area contributed by atoms with Gasteiger partial charge in [0, 0.05) is 24.2 Å². The maximum atomic E-state index is 12.6. The number of hydrogen-bond acceptors (Lipinski definition) is 5. The van der Waals surface area contributed by atoms with Crippen LogP contribution in [0.3, 0.4) is 0 Å². The van der Waals surface area contributed by atoms with Crippen LogP contribution in [0, 0.1) is 0 Å². The summed E-state index contributed by atoms with van der Waals surface area (Å²) in [6, 6.07) is 5.30. The highest BCUT2D eigenvalue weighted by Gasteiger charge is 2.42. The zero-order valence-corrected chi connectivity index (χ0v) is 13.5. The number of ether oxygens (including phenoxy) is 1. The van der Waals surface area contributed by atoms with Gasteiger partial charge >= 0.3 is 0 Å². The maximum Gasteiger partial charge on any atom is 0.276 e. The molecule has 1 amide bonds. The number of pyridine rings is 1. The highest BCUT2D eigenvalue weighted by Crippen LogP contribution is 2.44. The summed E-state index contributed by atoms with van der Waals surface area (Å²) >= 11 is 1.76. The van der Waals surface area contributed by atoms with E-state index in [1.807, 2.05) is 0 Å². The molecule has 0 unspecified atom stereocenters. The number of thiophene rings is 1. The lowest BCUT2D eigenvalue weighted by Gasteiger charge is -2.43. The van der Waals surface area contributed by atoms with Crippen LogP contribution < -0.4 is 0 Å². The van der Waals surface area contributed by atoms with Crippen molar-refractivity contribution in [1.29, 1.82) is 0 Å². The number of hydrogen-bond donors (Lipinski definition) is 1. The van der Waals surface area contributed by atoms with Gasteiger partial charge in [-0.2, -0.15) is 0 Å². The van der Waals surface area contributed by atoms with Crippen molar-refractivity contribution < 1.29 is 14.6 Å². The lowest BCUT2D eigenvalue weighted by atomic mass is 9.85. The molecule has 0 atom stereocenters. The fourth-order valence-corrected chi connectivity index (χ4v) is 4.68. The highest BCUT2D eigenvalue weighted by molar-refractivity contribution is 7.10. The number of nitrogens with zero attached hydrogens (tertiary/aromatic N) is 2. The van der Waals surface area contributed by atoms with Crippen molar-refractivity contribution in [3.63, 3.8) is 0 Å². The average Bonchev–Trinajstić information content (AvgIpc) is 3.06. The van der Waals surface area contributed by atoms with E-state index in [-0.39, 0.29) is 23.0 Å². The van der Waals surface area contributed by atoms with Gasteiger partial charge in [0.25, 0.3) is 5.91 Å². The third-order valence-corrected chi connectivity index (χ3v) is 5.90. The summed E-state index contributed by atoms with van der Waals surface area (Å²) in [6.45, 7) is 1.98. The van der Waals surface area contributed by atoms with E-state index in [1.54, 1.807) is 22.3 Å². The molecule has 23 heavy (non-hydrogen) atoms. The van der Waals surface area contributed by atoms with E-state index in [1.165, 1.54) is 22.7 Å². The Hall–Kier alpha value is -1.92. The minimum absolute atomic E-state index is 0.0627. The molecule has 2 aromatic rings. The van der Waals surface area contributed by atoms with Crippen LogP contribution in [-0.2, 0) is 16.8 Å². The SMILES string of the molecule is O=C(c1ncccc1O)N1CCC2(CC1)OCCc1ccsc12. The lowest BCUT2D eigenvalue weighted by molar-refractivity contribution is -0.0906. The summed E-state index contributed by atoms with van der Waals surface area (Å²) in [7, 11) is 0. The van der Waals surface area contributed by atoms with Crippen LogP contribution >= 0.6 is 11.3 Å². The second-order valence-corrected chi connectivity index (χ2v) is 6.95. The van der Waals surface area contributed by atoms with Crippen molar-refractivity contribution in [1.82, 2.24) is 9.88 Å². The van der Waals surface area contributed by atoms with Gasteiger partial charge in [0.05, 0.1) is 6.61 Å². The monoisotopic (exact) mass is 330 g/mol. The second kappa shape index (κ2) is 5.62. The summed E-state index contributed by atoms with van der Waals surface area (Å²) in [4.78, 5) is 19.7. The Kier molecular flexibility index (Phi) is 3.58. The van der Waals surface area contributed by atoms with Crippen molar-refractivity contribution in [3.8, 4) is 5.75 Å². The summed E-state index contributed by atoms with van der Waals surface area (Å²) in [6.07, 6.45) is 4.09. The molecule has 0 radical (unpaired) electrons. The number of aromatic hydroxyl groups is 1. The van der Waals surface area contributed by atoms with Crippen LogP contribution in [0.1, 0.15) is 33.8 Å². The predicted molar refractivity (Wildman–Crippen MR) is 86.7 cm³/mol. The van der Waals surface area contributed by atoms with E-state index in [0.29, 0.717) is 13.1 Å². The first kappa shape index (κ1) is 14.7. The van der Waals surface area contributed by atoms with Gasteiger partial charge in [-0.3, -0.25) is 4.79 Å². The fraction of sp³-hybridized carbons (Fsp3) is 0.412. The first-order chi connectivity index (χ1) is 11.2. The van der Waals surface area contributed by atoms with Gasteiger partial charge in [-0.15, -0.1) is 11.3 Å². The number of carbonyl (C=O) groups excluding carboxylic acids is 1. The van der Waals surface area contributed by atoms with Crippen molar-refractivity contribution in [2.75, 3.05) is 19.7 Å². The molecule has 1 spiro atoms. The highest BCUT2D eigenvalue weighted by atomic mass is 32.1. The number of fused-ring (bicyclic) bond motifs is 2. The van der Waals surface area contributed by atoms with E-state index >= 15 is 0 Å². The Bertz CT molecular complexity index is 735. The molecule has 4 rings (SSSR count). The number of rotatable bonds is 1. The molecule has 1 N–H and O–H groups in total. The van der Waals surface area contributed by atoms with Crippen LogP contribution in [0.2, 0.25) is 0 Å². The largest absolute Gasteiger partial charge is 0.505 e. The molecule has 5 nitrogen and oxygen atoms in total. The molecule has 0 saturated carbocycles. The quantitative estimate of drug-likeness (QED) is 0.873. The Morgan fingerprint density at radius 2 is 2.17 bits per heavy atom. The molecule has 2 aliphatic heterocycles. The summed E-state index contributed by atoms with van der Waals surface area (Å²) in [5, 5.41) is 12.0. The standard InChI is InChI=1S/C17H18N2O3S/c20-13-2-1-7-18-14(13)16(21)19-8-5-17(6-9-19)15-12(3-10-22-17)4-11-23-15/h1-2,4,7,11,20H,3,5-6,8-10H2. The first-order valence-corrected chi connectivity index (χ1v) is 8.72. The van der Waals surface area contributed by atoms with Crippen LogP contribution in [0.15, 0.2) is 29.8 Å². The molecule has 0 bridgehead atoms. The first-order valence-electron chi connectivity index (χ1n) is 7.84. The van der Waals surface area contributed by atoms with Gasteiger partial charge in [-0.1, -0.05) is 0 Å². The molecule has 2 aliphatic rings. The maximum absolute atomic E-state index is 12.6. The van der Waals surface area contributed by atoms with E-state index in [0.717, 1.165) is 25.9 Å². The molecule has 6 heteroatoms. The number of carbonyl (C=O) groups is 1. The summed E-state index contributed by atoms with van der Waals surface area (Å²) < 4.78 is 6.16. The van der Waals surface area contributed by atoms with Crippen LogP contribution in [0.5, 0.6) is 5.75 Å². The fourth-order valence-electron chi connectivity index (χ4n) is 3.51. The molecular formula is C17H18N2O3S. The molecular weight excluding hydrogens is 312 g/mol. The smallest absolute Gasteiger partial charge is 0.276 e. The van der Waals surface area contributed by atoms with Crippen LogP contribution in [-0.4, -0.2) is 40.6 Å². The van der Waals surface area contributed by atoms with E-state index in [4.69, 9.17) is 4.74 Å². The van der Waals surface area contributed by atoms with Crippen LogP contribution in [0.25, 0.3) is 0 Å². The summed E-state index contributed by atoms with van der Waals surface area (Å²) in [5.41, 5.74) is 1.29. The van der Waals surface area contributed by atoms with Crippen molar-refractivity contribution in [2.45, 2.75) is 24.9 Å². The average molecular weight is 330 g/mol. The van der Waals surface area contributed by atoms with Gasteiger partial charge in [-0.05, 0) is 48.4 Å². The zero-order chi connectivity index (χ0) is 15.9. The molecule has 120 valence electrons. The molecule has 0 aromatic carbocycles. The Labute approximate surface area is 138 Å². The second-order valence-electron chi connectivity index (χ2n) is 6.03. The molecule has 1 fully saturated rings. The lowest BCUT2D eigenvalue weighted by Crippen LogP contribution is -2.48. The number of aromatic nitrogens is 1. The summed E-state index contributed by atoms with van der Waals surface area (Å²) in [5.74, 6) is -0.271.